The summed E-state index contributed by atoms with van der Waals surface area (Å²) in [6.45, 7) is 9.13. The summed E-state index contributed by atoms with van der Waals surface area (Å²) in [4.78, 5) is 14.2. The van der Waals surface area contributed by atoms with Crippen LogP contribution in [0.15, 0.2) is 24.3 Å². The highest BCUT2D eigenvalue weighted by atomic mass is 16.1. The standard InChI is InChI=1S/C17H27N3O/c1-3-16-9-11-20(16)12-10-18-13-14-5-7-15(8-6-14)17(21)19-4-2/h5-8,16,18H,3-4,9-13H2,1-2H3,(H,19,21). The third kappa shape index (κ3) is 4.55. The molecule has 1 aromatic rings. The molecule has 4 heteroatoms. The number of rotatable bonds is 8. The lowest BCUT2D eigenvalue weighted by atomic mass is 10.0. The lowest BCUT2D eigenvalue weighted by Gasteiger charge is -2.40. The Hall–Kier alpha value is -1.39. The molecule has 1 unspecified atom stereocenters. The van der Waals surface area contributed by atoms with Gasteiger partial charge in [0.2, 0.25) is 0 Å². The Balaban J connectivity index is 1.68. The van der Waals surface area contributed by atoms with Gasteiger partial charge in [0.1, 0.15) is 0 Å². The van der Waals surface area contributed by atoms with E-state index in [2.05, 4.69) is 22.5 Å². The summed E-state index contributed by atoms with van der Waals surface area (Å²) in [5.41, 5.74) is 1.95. The van der Waals surface area contributed by atoms with Crippen LogP contribution in [0.5, 0.6) is 0 Å². The van der Waals surface area contributed by atoms with Crippen LogP contribution in [-0.2, 0) is 6.54 Å². The Kier molecular flexibility index (Phi) is 6.21. The topological polar surface area (TPSA) is 44.4 Å². The number of carbonyl (C=O) groups excluding carboxylic acids is 1. The molecule has 1 aliphatic heterocycles. The van der Waals surface area contributed by atoms with Gasteiger partial charge in [0.05, 0.1) is 0 Å². The Morgan fingerprint density at radius 3 is 2.62 bits per heavy atom. The van der Waals surface area contributed by atoms with Gasteiger partial charge in [-0.25, -0.2) is 0 Å². The van der Waals surface area contributed by atoms with Crippen LogP contribution >= 0.6 is 0 Å². The number of nitrogens with zero attached hydrogens (tertiary/aromatic N) is 1. The van der Waals surface area contributed by atoms with Crippen molar-refractivity contribution in [2.75, 3.05) is 26.2 Å². The van der Waals surface area contributed by atoms with Crippen LogP contribution in [0.1, 0.15) is 42.6 Å². The van der Waals surface area contributed by atoms with Crippen LogP contribution < -0.4 is 10.6 Å². The first-order chi connectivity index (χ1) is 10.2. The molecule has 1 saturated heterocycles. The SMILES string of the molecule is CCNC(=O)c1ccc(CNCCN2CCC2CC)cc1. The number of carbonyl (C=O) groups is 1. The highest BCUT2D eigenvalue weighted by Crippen LogP contribution is 2.18. The molecule has 1 heterocycles. The van der Waals surface area contributed by atoms with Crippen LogP contribution in [0.2, 0.25) is 0 Å². The first kappa shape index (κ1) is 16.0. The molecule has 1 atom stereocenters. The molecule has 0 bridgehead atoms. The van der Waals surface area contributed by atoms with Crippen molar-refractivity contribution in [2.45, 2.75) is 39.3 Å². The zero-order chi connectivity index (χ0) is 15.1. The molecular weight excluding hydrogens is 262 g/mol. The molecular formula is C17H27N3O. The molecule has 0 aliphatic carbocycles. The van der Waals surface area contributed by atoms with E-state index in [-0.39, 0.29) is 5.91 Å². The van der Waals surface area contributed by atoms with Crippen LogP contribution in [0.25, 0.3) is 0 Å². The summed E-state index contributed by atoms with van der Waals surface area (Å²) in [5, 5.41) is 6.29. The first-order valence-electron chi connectivity index (χ1n) is 8.06. The first-order valence-corrected chi connectivity index (χ1v) is 8.06. The summed E-state index contributed by atoms with van der Waals surface area (Å²) in [5.74, 6) is 0.000370. The molecule has 2 N–H and O–H groups in total. The summed E-state index contributed by atoms with van der Waals surface area (Å²) in [7, 11) is 0. The second-order valence-corrected chi connectivity index (χ2v) is 5.62. The molecule has 1 aromatic carbocycles. The zero-order valence-corrected chi connectivity index (χ0v) is 13.2. The van der Waals surface area contributed by atoms with Gasteiger partial charge in [-0.3, -0.25) is 9.69 Å². The molecule has 1 fully saturated rings. The third-order valence-corrected chi connectivity index (χ3v) is 4.20. The predicted molar refractivity (Wildman–Crippen MR) is 86.4 cm³/mol. The highest BCUT2D eigenvalue weighted by Gasteiger charge is 2.24. The third-order valence-electron chi connectivity index (χ3n) is 4.20. The molecule has 116 valence electrons. The van der Waals surface area contributed by atoms with E-state index in [1.807, 2.05) is 31.2 Å². The second-order valence-electron chi connectivity index (χ2n) is 5.62. The van der Waals surface area contributed by atoms with E-state index in [0.717, 1.165) is 31.2 Å². The fourth-order valence-corrected chi connectivity index (χ4v) is 2.74. The van der Waals surface area contributed by atoms with Crippen molar-refractivity contribution in [1.82, 2.24) is 15.5 Å². The van der Waals surface area contributed by atoms with Gasteiger partial charge in [0.15, 0.2) is 0 Å². The fourth-order valence-electron chi connectivity index (χ4n) is 2.74. The van der Waals surface area contributed by atoms with Gasteiger partial charge < -0.3 is 10.6 Å². The maximum absolute atomic E-state index is 11.7. The van der Waals surface area contributed by atoms with Crippen molar-refractivity contribution in [2.24, 2.45) is 0 Å². The van der Waals surface area contributed by atoms with Gasteiger partial charge in [-0.2, -0.15) is 0 Å². The van der Waals surface area contributed by atoms with Crippen molar-refractivity contribution in [1.29, 1.82) is 0 Å². The Morgan fingerprint density at radius 1 is 1.29 bits per heavy atom. The lowest BCUT2D eigenvalue weighted by molar-refractivity contribution is 0.0888. The maximum Gasteiger partial charge on any atom is 0.251 e. The minimum absolute atomic E-state index is 0.000370. The second kappa shape index (κ2) is 8.15. The minimum Gasteiger partial charge on any atom is -0.352 e. The molecule has 0 radical (unpaired) electrons. The van der Waals surface area contributed by atoms with Gasteiger partial charge in [-0.1, -0.05) is 19.1 Å². The zero-order valence-electron chi connectivity index (χ0n) is 13.2. The van der Waals surface area contributed by atoms with Gasteiger partial charge >= 0.3 is 0 Å². The fraction of sp³-hybridized carbons (Fsp3) is 0.588. The van der Waals surface area contributed by atoms with Crippen molar-refractivity contribution in [3.05, 3.63) is 35.4 Å². The van der Waals surface area contributed by atoms with E-state index in [1.165, 1.54) is 24.9 Å². The van der Waals surface area contributed by atoms with Crippen molar-refractivity contribution in [3.8, 4) is 0 Å². The smallest absolute Gasteiger partial charge is 0.251 e. The molecule has 2 rings (SSSR count). The molecule has 0 spiro atoms. The van der Waals surface area contributed by atoms with E-state index in [1.54, 1.807) is 0 Å². The van der Waals surface area contributed by atoms with Gasteiger partial charge in [0.25, 0.3) is 5.91 Å². The van der Waals surface area contributed by atoms with Gasteiger partial charge in [-0.05, 0) is 44.0 Å². The summed E-state index contributed by atoms with van der Waals surface area (Å²) < 4.78 is 0. The number of hydrogen-bond acceptors (Lipinski definition) is 3. The number of hydrogen-bond donors (Lipinski definition) is 2. The Bertz CT molecular complexity index is 442. The summed E-state index contributed by atoms with van der Waals surface area (Å²) >= 11 is 0. The highest BCUT2D eigenvalue weighted by molar-refractivity contribution is 5.94. The molecule has 0 saturated carbocycles. The summed E-state index contributed by atoms with van der Waals surface area (Å²) in [6.07, 6.45) is 2.62. The van der Waals surface area contributed by atoms with E-state index in [9.17, 15) is 4.79 Å². The predicted octanol–water partition coefficient (Wildman–Crippen LogP) is 2.01. The van der Waals surface area contributed by atoms with Gasteiger partial charge in [0, 0.05) is 37.8 Å². The average Bonchev–Trinajstić information content (AvgIpc) is 2.47. The van der Waals surface area contributed by atoms with Crippen LogP contribution in [0.4, 0.5) is 0 Å². The van der Waals surface area contributed by atoms with Crippen molar-refractivity contribution >= 4 is 5.91 Å². The maximum atomic E-state index is 11.7. The number of likely N-dealkylation sites (tertiary alicyclic amines) is 1. The number of benzene rings is 1. The summed E-state index contributed by atoms with van der Waals surface area (Å²) in [6, 6.07) is 8.64. The van der Waals surface area contributed by atoms with Crippen LogP contribution in [0.3, 0.4) is 0 Å². The molecule has 1 aliphatic rings. The number of amides is 1. The van der Waals surface area contributed by atoms with E-state index in [0.29, 0.717) is 6.54 Å². The average molecular weight is 289 g/mol. The van der Waals surface area contributed by atoms with Crippen molar-refractivity contribution < 1.29 is 4.79 Å². The largest absolute Gasteiger partial charge is 0.352 e. The van der Waals surface area contributed by atoms with E-state index in [4.69, 9.17) is 0 Å². The van der Waals surface area contributed by atoms with E-state index < -0.39 is 0 Å². The lowest BCUT2D eigenvalue weighted by Crippen LogP contribution is -2.49. The molecule has 21 heavy (non-hydrogen) atoms. The Morgan fingerprint density at radius 2 is 2.05 bits per heavy atom. The normalized spacial score (nSPS) is 18.3. The van der Waals surface area contributed by atoms with E-state index >= 15 is 0 Å². The number of nitrogens with one attached hydrogen (secondary N) is 2. The monoisotopic (exact) mass is 289 g/mol. The van der Waals surface area contributed by atoms with Crippen LogP contribution in [-0.4, -0.2) is 43.0 Å². The molecule has 4 nitrogen and oxygen atoms in total. The minimum atomic E-state index is 0.000370. The quantitative estimate of drug-likeness (QED) is 0.720. The van der Waals surface area contributed by atoms with Crippen molar-refractivity contribution in [3.63, 3.8) is 0 Å². The van der Waals surface area contributed by atoms with Gasteiger partial charge in [-0.15, -0.1) is 0 Å². The molecule has 0 aromatic heterocycles. The Labute approximate surface area is 127 Å². The van der Waals surface area contributed by atoms with Crippen LogP contribution in [0, 0.1) is 0 Å². The molecule has 1 amide bonds.